The van der Waals surface area contributed by atoms with Crippen LogP contribution in [0.25, 0.3) is 0 Å². The van der Waals surface area contributed by atoms with Gasteiger partial charge in [0.25, 0.3) is 0 Å². The van der Waals surface area contributed by atoms with Crippen molar-refractivity contribution in [3.05, 3.63) is 53.2 Å². The SMILES string of the molecule is Cc1nc(S(C)(=O)=O)ccc1N1CC2(CCC(c3cc(F)cc(F)c3)(N(C)C)CC2)NC1=O. The lowest BCUT2D eigenvalue weighted by atomic mass is 9.69. The number of carbonyl (C=O) groups excluding carboxylic acids is 1. The summed E-state index contributed by atoms with van der Waals surface area (Å²) in [5.74, 6) is -1.21. The molecular formula is C23H28F2N4O3S. The number of carbonyl (C=O) groups is 1. The zero-order chi connectivity index (χ0) is 24.2. The number of anilines is 1. The van der Waals surface area contributed by atoms with Crippen LogP contribution in [0.4, 0.5) is 19.3 Å². The molecule has 178 valence electrons. The molecule has 4 rings (SSSR count). The van der Waals surface area contributed by atoms with Gasteiger partial charge in [0.15, 0.2) is 14.9 Å². The van der Waals surface area contributed by atoms with Crippen molar-refractivity contribution in [3.8, 4) is 0 Å². The Kier molecular flexibility index (Phi) is 5.73. The molecule has 7 nitrogen and oxygen atoms in total. The molecule has 2 aromatic rings. The Morgan fingerprint density at radius 2 is 1.67 bits per heavy atom. The molecule has 1 aliphatic carbocycles. The first-order valence-corrected chi connectivity index (χ1v) is 12.7. The predicted molar refractivity (Wildman–Crippen MR) is 121 cm³/mol. The number of nitrogens with one attached hydrogen (secondary N) is 1. The van der Waals surface area contributed by atoms with E-state index in [-0.39, 0.29) is 11.1 Å². The van der Waals surface area contributed by atoms with Crippen LogP contribution in [0.1, 0.15) is 36.9 Å². The number of amides is 2. The maximum Gasteiger partial charge on any atom is 0.322 e. The maximum absolute atomic E-state index is 14.0. The average molecular weight is 479 g/mol. The van der Waals surface area contributed by atoms with Crippen LogP contribution in [0.2, 0.25) is 0 Å². The van der Waals surface area contributed by atoms with E-state index in [0.29, 0.717) is 49.2 Å². The second-order valence-electron chi connectivity index (χ2n) is 9.41. The van der Waals surface area contributed by atoms with Crippen molar-refractivity contribution in [3.63, 3.8) is 0 Å². The predicted octanol–water partition coefficient (Wildman–Crippen LogP) is 3.37. The molecule has 1 saturated heterocycles. The maximum atomic E-state index is 14.0. The Labute approximate surface area is 192 Å². The van der Waals surface area contributed by atoms with Gasteiger partial charge in [-0.15, -0.1) is 0 Å². The minimum atomic E-state index is -3.45. The molecule has 1 aromatic carbocycles. The van der Waals surface area contributed by atoms with E-state index in [1.54, 1.807) is 17.9 Å². The van der Waals surface area contributed by atoms with Gasteiger partial charge in [-0.05, 0) is 76.5 Å². The molecule has 10 heteroatoms. The van der Waals surface area contributed by atoms with Crippen molar-refractivity contribution in [1.82, 2.24) is 15.2 Å². The van der Waals surface area contributed by atoms with Gasteiger partial charge in [-0.3, -0.25) is 9.80 Å². The summed E-state index contributed by atoms with van der Waals surface area (Å²) >= 11 is 0. The van der Waals surface area contributed by atoms with E-state index >= 15 is 0 Å². The summed E-state index contributed by atoms with van der Waals surface area (Å²) in [6.07, 6.45) is 3.57. The van der Waals surface area contributed by atoms with Crippen LogP contribution in [0.3, 0.4) is 0 Å². The van der Waals surface area contributed by atoms with Gasteiger partial charge in [-0.1, -0.05) is 0 Å². The van der Waals surface area contributed by atoms with Crippen LogP contribution in [-0.2, 0) is 15.4 Å². The first-order valence-electron chi connectivity index (χ1n) is 10.8. The third-order valence-corrected chi connectivity index (χ3v) is 8.06. The Hall–Kier alpha value is -2.59. The Balaban J connectivity index is 1.58. The summed E-state index contributed by atoms with van der Waals surface area (Å²) in [5.41, 5.74) is 0.593. The molecule has 2 heterocycles. The third-order valence-electron chi connectivity index (χ3n) is 7.07. The Morgan fingerprint density at radius 1 is 1.06 bits per heavy atom. The minimum Gasteiger partial charge on any atom is -0.330 e. The van der Waals surface area contributed by atoms with Gasteiger partial charge in [0.05, 0.1) is 23.5 Å². The smallest absolute Gasteiger partial charge is 0.322 e. The summed E-state index contributed by atoms with van der Waals surface area (Å²) < 4.78 is 51.5. The van der Waals surface area contributed by atoms with E-state index in [4.69, 9.17) is 0 Å². The van der Waals surface area contributed by atoms with Crippen LogP contribution >= 0.6 is 0 Å². The first kappa shape index (κ1) is 23.6. The van der Waals surface area contributed by atoms with E-state index in [0.717, 1.165) is 12.3 Å². The van der Waals surface area contributed by atoms with Crippen molar-refractivity contribution in [2.75, 3.05) is 31.8 Å². The quantitative estimate of drug-likeness (QED) is 0.729. The molecule has 0 atom stereocenters. The van der Waals surface area contributed by atoms with Crippen molar-refractivity contribution >= 4 is 21.6 Å². The standard InChI is InChI=1S/C23H28F2N4O3S/c1-15-19(5-6-20(26-15)33(4,31)32)29-14-22(27-21(29)30)7-9-23(10-8-22,28(2)3)16-11-17(24)13-18(25)12-16/h5-6,11-13H,7-10,14H2,1-4H3,(H,27,30). The number of nitrogens with zero attached hydrogens (tertiary/aromatic N) is 3. The van der Waals surface area contributed by atoms with Crippen LogP contribution in [-0.4, -0.2) is 56.8 Å². The van der Waals surface area contributed by atoms with Crippen LogP contribution in [0, 0.1) is 18.6 Å². The van der Waals surface area contributed by atoms with E-state index in [2.05, 4.69) is 10.3 Å². The van der Waals surface area contributed by atoms with Gasteiger partial charge >= 0.3 is 6.03 Å². The lowest BCUT2D eigenvalue weighted by Crippen LogP contribution is -2.54. The number of halogens is 2. The van der Waals surface area contributed by atoms with Crippen molar-refractivity contribution in [1.29, 1.82) is 0 Å². The van der Waals surface area contributed by atoms with Crippen LogP contribution in [0.5, 0.6) is 0 Å². The molecule has 33 heavy (non-hydrogen) atoms. The molecule has 2 fully saturated rings. The van der Waals surface area contributed by atoms with Crippen molar-refractivity contribution in [2.24, 2.45) is 0 Å². The highest BCUT2D eigenvalue weighted by Gasteiger charge is 2.50. The summed E-state index contributed by atoms with van der Waals surface area (Å²) in [6.45, 7) is 2.09. The second-order valence-corrected chi connectivity index (χ2v) is 11.4. The van der Waals surface area contributed by atoms with E-state index in [1.165, 1.54) is 18.2 Å². The highest BCUT2D eigenvalue weighted by Crippen LogP contribution is 2.46. The van der Waals surface area contributed by atoms with Gasteiger partial charge in [0.2, 0.25) is 0 Å². The number of benzene rings is 1. The molecule has 1 aromatic heterocycles. The Bertz CT molecular complexity index is 1190. The number of aromatic nitrogens is 1. The number of aryl methyl sites for hydroxylation is 1. The van der Waals surface area contributed by atoms with Gasteiger partial charge in [0, 0.05) is 17.9 Å². The van der Waals surface area contributed by atoms with Gasteiger partial charge < -0.3 is 5.32 Å². The van der Waals surface area contributed by atoms with Crippen molar-refractivity contribution in [2.45, 2.75) is 48.7 Å². The number of hydrogen-bond donors (Lipinski definition) is 1. The molecule has 0 unspecified atom stereocenters. The van der Waals surface area contributed by atoms with Crippen molar-refractivity contribution < 1.29 is 22.0 Å². The molecule has 2 aliphatic rings. The highest BCUT2D eigenvalue weighted by molar-refractivity contribution is 7.90. The summed E-state index contributed by atoms with van der Waals surface area (Å²) in [4.78, 5) is 20.7. The molecule has 1 saturated carbocycles. The Morgan fingerprint density at radius 3 is 2.18 bits per heavy atom. The number of hydrogen-bond acceptors (Lipinski definition) is 5. The fraction of sp³-hybridized carbons (Fsp3) is 0.478. The number of urea groups is 1. The fourth-order valence-electron chi connectivity index (χ4n) is 5.17. The molecule has 1 spiro atoms. The lowest BCUT2D eigenvalue weighted by Gasteiger charge is -2.48. The third kappa shape index (κ3) is 4.21. The van der Waals surface area contributed by atoms with Crippen LogP contribution in [0.15, 0.2) is 35.4 Å². The summed E-state index contributed by atoms with van der Waals surface area (Å²) in [6, 6.07) is 6.41. The zero-order valence-electron chi connectivity index (χ0n) is 19.2. The molecule has 2 amide bonds. The van der Waals surface area contributed by atoms with Crippen LogP contribution < -0.4 is 10.2 Å². The normalized spacial score (nSPS) is 25.7. The van der Waals surface area contributed by atoms with Gasteiger partial charge in [-0.2, -0.15) is 0 Å². The largest absolute Gasteiger partial charge is 0.330 e. The number of sulfone groups is 1. The first-order chi connectivity index (χ1) is 15.4. The molecular weight excluding hydrogens is 450 g/mol. The lowest BCUT2D eigenvalue weighted by molar-refractivity contribution is 0.0652. The topological polar surface area (TPSA) is 82.6 Å². The van der Waals surface area contributed by atoms with Gasteiger partial charge in [-0.25, -0.2) is 27.0 Å². The number of pyridine rings is 1. The van der Waals surface area contributed by atoms with E-state index in [9.17, 15) is 22.0 Å². The van der Waals surface area contributed by atoms with Gasteiger partial charge in [0.1, 0.15) is 11.6 Å². The second kappa shape index (κ2) is 8.02. The fourth-order valence-corrected chi connectivity index (χ4v) is 5.79. The average Bonchev–Trinajstić information content (AvgIpc) is 3.02. The highest BCUT2D eigenvalue weighted by atomic mass is 32.2. The zero-order valence-corrected chi connectivity index (χ0v) is 20.0. The molecule has 0 bridgehead atoms. The molecule has 1 aliphatic heterocycles. The minimum absolute atomic E-state index is 0.0335. The molecule has 1 N–H and O–H groups in total. The monoisotopic (exact) mass is 478 g/mol. The summed E-state index contributed by atoms with van der Waals surface area (Å²) in [7, 11) is 0.355. The molecule has 0 radical (unpaired) electrons. The van der Waals surface area contributed by atoms with E-state index < -0.39 is 32.5 Å². The van der Waals surface area contributed by atoms with E-state index in [1.807, 2.05) is 19.0 Å². The number of rotatable bonds is 4. The summed E-state index contributed by atoms with van der Waals surface area (Å²) in [5, 5.41) is 3.08.